The van der Waals surface area contributed by atoms with Crippen molar-refractivity contribution in [3.8, 4) is 0 Å². The first kappa shape index (κ1) is 20.5. The van der Waals surface area contributed by atoms with Crippen LogP contribution in [0.3, 0.4) is 0 Å². The molecule has 27 heavy (non-hydrogen) atoms. The van der Waals surface area contributed by atoms with Crippen LogP contribution in [0.25, 0.3) is 0 Å². The lowest BCUT2D eigenvalue weighted by molar-refractivity contribution is -0.207. The number of carbonyl (C=O) groups is 2. The van der Waals surface area contributed by atoms with Gasteiger partial charge in [0.1, 0.15) is 18.5 Å². The Kier molecular flexibility index (Phi) is 5.09. The highest BCUT2D eigenvalue weighted by molar-refractivity contribution is 5.85. The summed E-state index contributed by atoms with van der Waals surface area (Å²) in [6.07, 6.45) is 4.10. The van der Waals surface area contributed by atoms with E-state index in [-0.39, 0.29) is 29.0 Å². The predicted octanol–water partition coefficient (Wildman–Crippen LogP) is 2.89. The smallest absolute Gasteiger partial charge is 0.332 e. The van der Waals surface area contributed by atoms with Crippen molar-refractivity contribution in [3.63, 3.8) is 0 Å². The minimum atomic E-state index is -0.686. The molecule has 3 aliphatic carbocycles. The molecule has 0 aromatic heterocycles. The molecular weight excluding hydrogens is 344 g/mol. The van der Waals surface area contributed by atoms with Crippen molar-refractivity contribution in [1.29, 1.82) is 0 Å². The summed E-state index contributed by atoms with van der Waals surface area (Å²) < 4.78 is 5.77. The maximum atomic E-state index is 13.1. The molecule has 0 aromatic rings. The summed E-state index contributed by atoms with van der Waals surface area (Å²) in [5, 5.41) is 20.6. The van der Waals surface area contributed by atoms with Gasteiger partial charge in [-0.25, -0.2) is 4.79 Å². The zero-order valence-corrected chi connectivity index (χ0v) is 17.0. The monoisotopic (exact) mass is 378 g/mol. The molecule has 0 radical (unpaired) electrons. The molecule has 0 saturated heterocycles. The predicted molar refractivity (Wildman–Crippen MR) is 102 cm³/mol. The van der Waals surface area contributed by atoms with E-state index in [9.17, 15) is 19.8 Å². The van der Waals surface area contributed by atoms with Crippen molar-refractivity contribution in [2.45, 2.75) is 72.0 Å². The average molecular weight is 379 g/mol. The van der Waals surface area contributed by atoms with Gasteiger partial charge in [0, 0.05) is 23.2 Å². The lowest BCUT2D eigenvalue weighted by Gasteiger charge is -2.61. The van der Waals surface area contributed by atoms with E-state index in [4.69, 9.17) is 4.74 Å². The summed E-state index contributed by atoms with van der Waals surface area (Å²) >= 11 is 0. The fraction of sp³-hybridized carbons (Fsp3) is 0.818. The van der Waals surface area contributed by atoms with Crippen LogP contribution in [0.15, 0.2) is 12.7 Å². The number of aliphatic hydroxyl groups excluding tert-OH is 2. The standard InChI is InChI=1S/C22H34O5/c1-6-20(4)11-16(27-17(25)12-23)21(5)13(2)7-9-22(14(3)19(20)26)10-8-15(24)18(21)22/h6,13-14,16,18-19,23,26H,1,7-12H2,2-5H3/t13-,14+,16-,18+,19-,20+,21+,22+/m1/s1. The van der Waals surface area contributed by atoms with Gasteiger partial charge in [0.15, 0.2) is 0 Å². The number of hydrogen-bond acceptors (Lipinski definition) is 5. The highest BCUT2D eigenvalue weighted by Crippen LogP contribution is 2.67. The van der Waals surface area contributed by atoms with Crippen molar-refractivity contribution < 1.29 is 24.5 Å². The lowest BCUT2D eigenvalue weighted by Crippen LogP contribution is -2.63. The summed E-state index contributed by atoms with van der Waals surface area (Å²) in [5.41, 5.74) is -1.43. The van der Waals surface area contributed by atoms with Gasteiger partial charge < -0.3 is 14.9 Å². The Morgan fingerprint density at radius 3 is 2.59 bits per heavy atom. The minimum absolute atomic E-state index is 0.0433. The Hall–Kier alpha value is -1.20. The van der Waals surface area contributed by atoms with Crippen LogP contribution in [-0.2, 0) is 14.3 Å². The zero-order chi connectivity index (χ0) is 20.2. The van der Waals surface area contributed by atoms with Crippen molar-refractivity contribution in [1.82, 2.24) is 0 Å². The first-order valence-corrected chi connectivity index (χ1v) is 10.2. The third-order valence-electron chi connectivity index (χ3n) is 8.70. The van der Waals surface area contributed by atoms with Crippen molar-refractivity contribution in [2.24, 2.45) is 34.0 Å². The molecule has 2 bridgehead atoms. The summed E-state index contributed by atoms with van der Waals surface area (Å²) in [5.74, 6) is -0.520. The number of rotatable bonds is 3. The summed E-state index contributed by atoms with van der Waals surface area (Å²) in [7, 11) is 0. The fourth-order valence-electron chi connectivity index (χ4n) is 6.70. The SMILES string of the molecule is C=C[C@@]1(C)C[C@@H](OC(=O)CO)[C@]2(C)[C@H](C)CC[C@]3(CCC(=O)[C@H]32)[C@@H](C)[C@H]1O. The summed E-state index contributed by atoms with van der Waals surface area (Å²) in [6, 6.07) is 0. The van der Waals surface area contributed by atoms with Crippen LogP contribution < -0.4 is 0 Å². The van der Waals surface area contributed by atoms with Crippen molar-refractivity contribution in [2.75, 3.05) is 6.61 Å². The second-order valence-electron chi connectivity index (χ2n) is 9.72. The van der Waals surface area contributed by atoms with Gasteiger partial charge in [-0.05, 0) is 42.9 Å². The number of aliphatic hydroxyl groups is 2. The topological polar surface area (TPSA) is 83.8 Å². The maximum Gasteiger partial charge on any atom is 0.332 e. The third-order valence-corrected chi connectivity index (χ3v) is 8.70. The minimum Gasteiger partial charge on any atom is -0.460 e. The molecule has 3 aliphatic rings. The quantitative estimate of drug-likeness (QED) is 0.583. The molecule has 5 nitrogen and oxygen atoms in total. The molecule has 8 atom stereocenters. The number of Topliss-reactive ketones (excluding diaryl/α,β-unsaturated/α-hetero) is 1. The molecule has 3 fully saturated rings. The Morgan fingerprint density at radius 1 is 1.33 bits per heavy atom. The van der Waals surface area contributed by atoms with Gasteiger partial charge in [-0.1, -0.05) is 33.8 Å². The molecule has 152 valence electrons. The Morgan fingerprint density at radius 2 is 2.00 bits per heavy atom. The van der Waals surface area contributed by atoms with Gasteiger partial charge in [0.25, 0.3) is 0 Å². The lowest BCUT2D eigenvalue weighted by atomic mass is 9.44. The van der Waals surface area contributed by atoms with E-state index in [2.05, 4.69) is 27.4 Å². The average Bonchev–Trinajstić information content (AvgIpc) is 3.00. The van der Waals surface area contributed by atoms with Crippen LogP contribution in [0, 0.1) is 34.0 Å². The molecular formula is C22H34O5. The van der Waals surface area contributed by atoms with E-state index >= 15 is 0 Å². The van der Waals surface area contributed by atoms with E-state index in [0.717, 1.165) is 19.3 Å². The fourth-order valence-corrected chi connectivity index (χ4v) is 6.70. The van der Waals surface area contributed by atoms with Crippen LogP contribution in [0.5, 0.6) is 0 Å². The molecule has 0 spiro atoms. The Bertz CT molecular complexity index is 645. The van der Waals surface area contributed by atoms with Gasteiger partial charge in [-0.15, -0.1) is 6.58 Å². The molecule has 0 aromatic carbocycles. The molecule has 5 heteroatoms. The molecule has 3 rings (SSSR count). The van der Waals surface area contributed by atoms with Gasteiger partial charge in [0.05, 0.1) is 6.10 Å². The molecule has 0 unspecified atom stereocenters. The van der Waals surface area contributed by atoms with Gasteiger partial charge in [-0.3, -0.25) is 4.79 Å². The Balaban J connectivity index is 2.21. The van der Waals surface area contributed by atoms with Gasteiger partial charge >= 0.3 is 5.97 Å². The molecule has 2 N–H and O–H groups in total. The third kappa shape index (κ3) is 2.72. The molecule has 0 amide bonds. The van der Waals surface area contributed by atoms with Crippen LogP contribution in [0.4, 0.5) is 0 Å². The van der Waals surface area contributed by atoms with Crippen LogP contribution in [-0.4, -0.2) is 40.8 Å². The van der Waals surface area contributed by atoms with Crippen molar-refractivity contribution >= 4 is 11.8 Å². The van der Waals surface area contributed by atoms with Crippen LogP contribution in [0.1, 0.15) is 59.8 Å². The van der Waals surface area contributed by atoms with Crippen LogP contribution in [0.2, 0.25) is 0 Å². The van der Waals surface area contributed by atoms with E-state index in [1.165, 1.54) is 0 Å². The number of esters is 1. The van der Waals surface area contributed by atoms with Gasteiger partial charge in [-0.2, -0.15) is 0 Å². The second kappa shape index (κ2) is 6.70. The maximum absolute atomic E-state index is 13.1. The number of ketones is 1. The number of hydrogen-bond donors (Lipinski definition) is 2. The number of carbonyl (C=O) groups excluding carboxylic acids is 2. The van der Waals surface area contributed by atoms with E-state index < -0.39 is 35.6 Å². The van der Waals surface area contributed by atoms with Crippen LogP contribution >= 0.6 is 0 Å². The highest BCUT2D eigenvalue weighted by Gasteiger charge is 2.68. The van der Waals surface area contributed by atoms with E-state index in [1.807, 2.05) is 6.92 Å². The highest BCUT2D eigenvalue weighted by atomic mass is 16.6. The Labute approximate surface area is 162 Å². The second-order valence-corrected chi connectivity index (χ2v) is 9.72. The normalized spacial score (nSPS) is 49.7. The van der Waals surface area contributed by atoms with Gasteiger partial charge in [0.2, 0.25) is 0 Å². The summed E-state index contributed by atoms with van der Waals surface area (Å²) in [6.45, 7) is 11.5. The van der Waals surface area contributed by atoms with Crippen molar-refractivity contribution in [3.05, 3.63) is 12.7 Å². The zero-order valence-electron chi connectivity index (χ0n) is 17.0. The van der Waals surface area contributed by atoms with E-state index in [0.29, 0.717) is 12.8 Å². The number of ether oxygens (including phenoxy) is 1. The largest absolute Gasteiger partial charge is 0.460 e. The molecule has 0 aliphatic heterocycles. The molecule has 0 heterocycles. The summed E-state index contributed by atoms with van der Waals surface area (Å²) in [4.78, 5) is 25.2. The first-order valence-electron chi connectivity index (χ1n) is 10.2. The molecule has 3 saturated carbocycles. The van der Waals surface area contributed by atoms with E-state index in [1.54, 1.807) is 6.08 Å². The first-order chi connectivity index (χ1) is 12.6.